The van der Waals surface area contributed by atoms with E-state index in [9.17, 15) is 0 Å². The minimum Gasteiger partial charge on any atom is -0.496 e. The fourth-order valence-corrected chi connectivity index (χ4v) is 1.35. The SMILES string of the molecule is CCCc1c(OC)[c]ccc1OC. The Hall–Kier alpha value is -1.18. The normalized spacial score (nSPS) is 9.77. The van der Waals surface area contributed by atoms with E-state index in [-0.39, 0.29) is 0 Å². The molecular weight excluding hydrogens is 164 g/mol. The van der Waals surface area contributed by atoms with Crippen LogP contribution < -0.4 is 9.47 Å². The van der Waals surface area contributed by atoms with E-state index in [0.29, 0.717) is 0 Å². The number of rotatable bonds is 4. The summed E-state index contributed by atoms with van der Waals surface area (Å²) < 4.78 is 10.4. The third-order valence-electron chi connectivity index (χ3n) is 1.94. The zero-order valence-electron chi connectivity index (χ0n) is 8.39. The molecule has 0 unspecified atom stereocenters. The Morgan fingerprint density at radius 1 is 1.31 bits per heavy atom. The molecular formula is C11H15O2. The lowest BCUT2D eigenvalue weighted by Gasteiger charge is -2.11. The van der Waals surface area contributed by atoms with Gasteiger partial charge in [-0.25, -0.2) is 0 Å². The summed E-state index contributed by atoms with van der Waals surface area (Å²) in [5, 5.41) is 0. The third kappa shape index (κ3) is 2.14. The van der Waals surface area contributed by atoms with E-state index in [1.165, 1.54) is 0 Å². The molecule has 1 radical (unpaired) electrons. The van der Waals surface area contributed by atoms with E-state index in [1.54, 1.807) is 14.2 Å². The van der Waals surface area contributed by atoms with Crippen LogP contribution in [0.2, 0.25) is 0 Å². The molecule has 0 aromatic heterocycles. The van der Waals surface area contributed by atoms with Gasteiger partial charge in [-0.15, -0.1) is 0 Å². The van der Waals surface area contributed by atoms with Crippen LogP contribution in [0, 0.1) is 6.07 Å². The number of ether oxygens (including phenoxy) is 2. The number of hydrogen-bond donors (Lipinski definition) is 0. The summed E-state index contributed by atoms with van der Waals surface area (Å²) in [7, 11) is 3.33. The molecule has 2 heteroatoms. The van der Waals surface area contributed by atoms with Gasteiger partial charge in [0.05, 0.1) is 14.2 Å². The summed E-state index contributed by atoms with van der Waals surface area (Å²) in [6.45, 7) is 2.13. The van der Waals surface area contributed by atoms with Gasteiger partial charge in [0.1, 0.15) is 11.5 Å². The first-order chi connectivity index (χ1) is 6.33. The fraction of sp³-hybridized carbons (Fsp3) is 0.455. The van der Waals surface area contributed by atoms with Crippen LogP contribution in [0.3, 0.4) is 0 Å². The Balaban J connectivity index is 3.05. The molecule has 0 atom stereocenters. The second kappa shape index (κ2) is 4.75. The highest BCUT2D eigenvalue weighted by Gasteiger charge is 2.07. The minimum atomic E-state index is 0.793. The van der Waals surface area contributed by atoms with Crippen molar-refractivity contribution in [3.05, 3.63) is 23.8 Å². The quantitative estimate of drug-likeness (QED) is 0.706. The van der Waals surface area contributed by atoms with E-state index in [4.69, 9.17) is 9.47 Å². The lowest BCUT2D eigenvalue weighted by Crippen LogP contribution is -1.96. The molecule has 0 fully saturated rings. The van der Waals surface area contributed by atoms with Gasteiger partial charge in [-0.05, 0) is 18.6 Å². The van der Waals surface area contributed by atoms with Gasteiger partial charge in [0.15, 0.2) is 0 Å². The number of methoxy groups -OCH3 is 2. The van der Waals surface area contributed by atoms with Crippen molar-refractivity contribution in [2.75, 3.05) is 14.2 Å². The summed E-state index contributed by atoms with van der Waals surface area (Å²) >= 11 is 0. The van der Waals surface area contributed by atoms with Crippen molar-refractivity contribution in [1.82, 2.24) is 0 Å². The van der Waals surface area contributed by atoms with Gasteiger partial charge in [0.25, 0.3) is 0 Å². The fourth-order valence-electron chi connectivity index (χ4n) is 1.35. The molecule has 2 nitrogen and oxygen atoms in total. The summed E-state index contributed by atoms with van der Waals surface area (Å²) in [4.78, 5) is 0. The Kier molecular flexibility index (Phi) is 3.62. The van der Waals surface area contributed by atoms with Crippen LogP contribution in [0.4, 0.5) is 0 Å². The second-order valence-corrected chi connectivity index (χ2v) is 2.81. The molecule has 0 aliphatic rings. The second-order valence-electron chi connectivity index (χ2n) is 2.81. The number of benzene rings is 1. The zero-order chi connectivity index (χ0) is 9.68. The predicted molar refractivity (Wildman–Crippen MR) is 52.4 cm³/mol. The molecule has 13 heavy (non-hydrogen) atoms. The van der Waals surface area contributed by atoms with Gasteiger partial charge >= 0.3 is 0 Å². The van der Waals surface area contributed by atoms with Crippen LogP contribution in [-0.2, 0) is 6.42 Å². The summed E-state index contributed by atoms with van der Waals surface area (Å²) in [6, 6.07) is 6.77. The van der Waals surface area contributed by atoms with Crippen LogP contribution in [-0.4, -0.2) is 14.2 Å². The molecule has 0 N–H and O–H groups in total. The van der Waals surface area contributed by atoms with Crippen molar-refractivity contribution >= 4 is 0 Å². The Morgan fingerprint density at radius 3 is 2.62 bits per heavy atom. The Labute approximate surface area is 79.5 Å². The average Bonchev–Trinajstić information content (AvgIpc) is 2.18. The first-order valence-corrected chi connectivity index (χ1v) is 4.45. The van der Waals surface area contributed by atoms with Gasteiger partial charge in [-0.2, -0.15) is 0 Å². The van der Waals surface area contributed by atoms with Gasteiger partial charge in [0, 0.05) is 11.6 Å². The zero-order valence-corrected chi connectivity index (χ0v) is 8.39. The molecule has 0 saturated carbocycles. The predicted octanol–water partition coefficient (Wildman–Crippen LogP) is 2.46. The highest BCUT2D eigenvalue weighted by atomic mass is 16.5. The maximum atomic E-state index is 5.24. The lowest BCUT2D eigenvalue weighted by atomic mass is 10.1. The molecule has 1 aromatic rings. The van der Waals surface area contributed by atoms with Crippen molar-refractivity contribution in [2.24, 2.45) is 0 Å². The summed E-state index contributed by atoms with van der Waals surface area (Å²) in [6.07, 6.45) is 2.04. The Morgan fingerprint density at radius 2 is 2.08 bits per heavy atom. The van der Waals surface area contributed by atoms with E-state index in [2.05, 4.69) is 13.0 Å². The van der Waals surface area contributed by atoms with Gasteiger partial charge in [-0.3, -0.25) is 0 Å². The standard InChI is InChI=1S/C11H15O2/c1-4-6-9-10(12-2)7-5-8-11(9)13-3/h5,7H,4,6H2,1-3H3. The molecule has 0 bridgehead atoms. The van der Waals surface area contributed by atoms with Crippen molar-refractivity contribution in [3.63, 3.8) is 0 Å². The smallest absolute Gasteiger partial charge is 0.133 e. The van der Waals surface area contributed by atoms with Gasteiger partial charge < -0.3 is 9.47 Å². The first-order valence-electron chi connectivity index (χ1n) is 4.45. The maximum Gasteiger partial charge on any atom is 0.133 e. The van der Waals surface area contributed by atoms with E-state index in [0.717, 1.165) is 29.9 Å². The lowest BCUT2D eigenvalue weighted by molar-refractivity contribution is 0.384. The molecule has 71 valence electrons. The molecule has 0 heterocycles. The minimum absolute atomic E-state index is 0.793. The highest BCUT2D eigenvalue weighted by molar-refractivity contribution is 5.44. The van der Waals surface area contributed by atoms with Crippen LogP contribution in [0.15, 0.2) is 12.1 Å². The van der Waals surface area contributed by atoms with Crippen molar-refractivity contribution in [2.45, 2.75) is 19.8 Å². The number of hydrogen-bond acceptors (Lipinski definition) is 2. The summed E-state index contributed by atoms with van der Waals surface area (Å²) in [5.41, 5.74) is 1.11. The summed E-state index contributed by atoms with van der Waals surface area (Å²) in [5.74, 6) is 1.68. The van der Waals surface area contributed by atoms with Crippen LogP contribution >= 0.6 is 0 Å². The molecule has 0 spiro atoms. The monoisotopic (exact) mass is 179 g/mol. The Bertz CT molecular complexity index is 247. The van der Waals surface area contributed by atoms with Crippen molar-refractivity contribution in [1.29, 1.82) is 0 Å². The van der Waals surface area contributed by atoms with Gasteiger partial charge in [0.2, 0.25) is 0 Å². The molecule has 0 aliphatic carbocycles. The van der Waals surface area contributed by atoms with Crippen LogP contribution in [0.1, 0.15) is 18.9 Å². The van der Waals surface area contributed by atoms with Crippen LogP contribution in [0.25, 0.3) is 0 Å². The molecule has 0 saturated heterocycles. The van der Waals surface area contributed by atoms with Crippen molar-refractivity contribution in [3.8, 4) is 11.5 Å². The molecule has 1 aromatic carbocycles. The maximum absolute atomic E-state index is 5.24. The van der Waals surface area contributed by atoms with E-state index in [1.807, 2.05) is 12.1 Å². The first kappa shape index (κ1) is 9.90. The van der Waals surface area contributed by atoms with Crippen LogP contribution in [0.5, 0.6) is 11.5 Å². The third-order valence-corrected chi connectivity index (χ3v) is 1.94. The van der Waals surface area contributed by atoms with E-state index >= 15 is 0 Å². The molecule has 0 amide bonds. The molecule has 1 rings (SSSR count). The van der Waals surface area contributed by atoms with Gasteiger partial charge in [-0.1, -0.05) is 13.3 Å². The van der Waals surface area contributed by atoms with E-state index < -0.39 is 0 Å². The highest BCUT2D eigenvalue weighted by Crippen LogP contribution is 2.28. The largest absolute Gasteiger partial charge is 0.496 e. The topological polar surface area (TPSA) is 18.5 Å². The van der Waals surface area contributed by atoms with Crippen molar-refractivity contribution < 1.29 is 9.47 Å². The molecule has 0 aliphatic heterocycles. The average molecular weight is 179 g/mol.